The van der Waals surface area contributed by atoms with E-state index in [9.17, 15) is 9.59 Å². The van der Waals surface area contributed by atoms with Gasteiger partial charge in [0.15, 0.2) is 11.0 Å². The molecule has 2 N–H and O–H groups in total. The first-order valence-corrected chi connectivity index (χ1v) is 12.7. The number of rotatable bonds is 8. The van der Waals surface area contributed by atoms with E-state index in [-0.39, 0.29) is 17.6 Å². The summed E-state index contributed by atoms with van der Waals surface area (Å²) in [5.41, 5.74) is 3.87. The fraction of sp³-hybridized carbons (Fsp3) is 0.200. The molecule has 0 radical (unpaired) electrons. The van der Waals surface area contributed by atoms with Gasteiger partial charge in [0.1, 0.15) is 0 Å². The average molecular weight is 492 g/mol. The number of aromatic nitrogens is 3. The number of hydrogen-bond donors (Lipinski definition) is 2. The molecule has 0 aliphatic rings. The molecule has 0 aliphatic carbocycles. The monoisotopic (exact) mass is 491 g/mol. The SMILES string of the molecule is CCn1c(SCC(=O)Nc2ccc(NC(=O)c3cccc(C)c3)cc2C)nnc1-c1cccs1. The van der Waals surface area contributed by atoms with Crippen LogP contribution in [0.4, 0.5) is 11.4 Å². The zero-order chi connectivity index (χ0) is 24.1. The number of nitrogens with zero attached hydrogens (tertiary/aromatic N) is 3. The second-order valence-corrected chi connectivity index (χ2v) is 9.61. The Bertz CT molecular complexity index is 1310. The van der Waals surface area contributed by atoms with E-state index < -0.39 is 0 Å². The van der Waals surface area contributed by atoms with E-state index in [4.69, 9.17) is 0 Å². The van der Waals surface area contributed by atoms with Crippen LogP contribution in [0.1, 0.15) is 28.4 Å². The van der Waals surface area contributed by atoms with Crippen LogP contribution in [-0.2, 0) is 11.3 Å². The van der Waals surface area contributed by atoms with Gasteiger partial charge in [-0.25, -0.2) is 0 Å². The normalized spacial score (nSPS) is 10.8. The van der Waals surface area contributed by atoms with E-state index in [0.29, 0.717) is 22.1 Å². The summed E-state index contributed by atoms with van der Waals surface area (Å²) in [6.45, 7) is 6.60. The van der Waals surface area contributed by atoms with E-state index in [2.05, 4.69) is 20.8 Å². The topological polar surface area (TPSA) is 88.9 Å². The molecule has 2 amide bonds. The van der Waals surface area contributed by atoms with Crippen molar-refractivity contribution in [2.75, 3.05) is 16.4 Å². The third kappa shape index (κ3) is 5.55. The number of aryl methyl sites for hydroxylation is 2. The molecule has 0 unspecified atom stereocenters. The Morgan fingerprint density at radius 2 is 1.88 bits per heavy atom. The van der Waals surface area contributed by atoms with Crippen molar-refractivity contribution >= 4 is 46.3 Å². The maximum Gasteiger partial charge on any atom is 0.255 e. The molecule has 2 aromatic carbocycles. The van der Waals surface area contributed by atoms with Crippen LogP contribution >= 0.6 is 23.1 Å². The molecule has 2 aromatic heterocycles. The number of thiophene rings is 1. The molecular formula is C25H25N5O2S2. The summed E-state index contributed by atoms with van der Waals surface area (Å²) in [5.74, 6) is 0.735. The van der Waals surface area contributed by atoms with Crippen molar-refractivity contribution in [3.8, 4) is 10.7 Å². The van der Waals surface area contributed by atoms with Crippen molar-refractivity contribution < 1.29 is 9.59 Å². The molecular weight excluding hydrogens is 466 g/mol. The van der Waals surface area contributed by atoms with Crippen LogP contribution in [0.5, 0.6) is 0 Å². The van der Waals surface area contributed by atoms with Gasteiger partial charge in [0.2, 0.25) is 5.91 Å². The fourth-order valence-corrected chi connectivity index (χ4v) is 4.98. The first kappa shape index (κ1) is 23.7. The van der Waals surface area contributed by atoms with Crippen molar-refractivity contribution in [1.29, 1.82) is 0 Å². The second-order valence-electron chi connectivity index (χ2n) is 7.72. The number of anilines is 2. The van der Waals surface area contributed by atoms with Gasteiger partial charge in [-0.3, -0.25) is 9.59 Å². The number of amides is 2. The quantitative estimate of drug-likeness (QED) is 0.312. The molecule has 4 aromatic rings. The van der Waals surface area contributed by atoms with Crippen LogP contribution in [0.15, 0.2) is 65.1 Å². The van der Waals surface area contributed by atoms with Gasteiger partial charge >= 0.3 is 0 Å². The van der Waals surface area contributed by atoms with E-state index >= 15 is 0 Å². The fourth-order valence-electron chi connectivity index (χ4n) is 3.46. The molecule has 2 heterocycles. The number of carbonyl (C=O) groups is 2. The highest BCUT2D eigenvalue weighted by atomic mass is 32.2. The minimum absolute atomic E-state index is 0.132. The molecule has 0 saturated carbocycles. The van der Waals surface area contributed by atoms with E-state index in [1.807, 2.05) is 67.1 Å². The smallest absolute Gasteiger partial charge is 0.255 e. The van der Waals surface area contributed by atoms with Gasteiger partial charge in [-0.15, -0.1) is 21.5 Å². The summed E-state index contributed by atoms with van der Waals surface area (Å²) in [6.07, 6.45) is 0. The molecule has 0 saturated heterocycles. The van der Waals surface area contributed by atoms with Gasteiger partial charge in [-0.1, -0.05) is 35.5 Å². The first-order valence-electron chi connectivity index (χ1n) is 10.8. The van der Waals surface area contributed by atoms with Crippen molar-refractivity contribution in [3.63, 3.8) is 0 Å². The Morgan fingerprint density at radius 3 is 2.59 bits per heavy atom. The first-order chi connectivity index (χ1) is 16.4. The number of thioether (sulfide) groups is 1. The average Bonchev–Trinajstić information content (AvgIpc) is 3.49. The Labute approximate surface area is 206 Å². The number of nitrogens with one attached hydrogen (secondary N) is 2. The van der Waals surface area contributed by atoms with Crippen LogP contribution in [0.25, 0.3) is 10.7 Å². The molecule has 4 rings (SSSR count). The van der Waals surface area contributed by atoms with Gasteiger partial charge in [0.05, 0.1) is 10.6 Å². The lowest BCUT2D eigenvalue weighted by atomic mass is 10.1. The third-order valence-corrected chi connectivity index (χ3v) is 6.98. The summed E-state index contributed by atoms with van der Waals surface area (Å²) in [5, 5.41) is 17.1. The van der Waals surface area contributed by atoms with E-state index in [1.165, 1.54) is 11.8 Å². The lowest BCUT2D eigenvalue weighted by Gasteiger charge is -2.12. The summed E-state index contributed by atoms with van der Waals surface area (Å²) in [7, 11) is 0. The predicted octanol–water partition coefficient (Wildman–Crippen LogP) is 5.63. The van der Waals surface area contributed by atoms with Crippen LogP contribution < -0.4 is 10.6 Å². The molecule has 0 atom stereocenters. The highest BCUT2D eigenvalue weighted by molar-refractivity contribution is 7.99. The zero-order valence-electron chi connectivity index (χ0n) is 19.2. The molecule has 0 bridgehead atoms. The number of hydrogen-bond acceptors (Lipinski definition) is 6. The van der Waals surface area contributed by atoms with Crippen molar-refractivity contribution in [2.45, 2.75) is 32.5 Å². The third-order valence-electron chi connectivity index (χ3n) is 5.15. The highest BCUT2D eigenvalue weighted by Gasteiger charge is 2.16. The number of benzene rings is 2. The maximum atomic E-state index is 12.6. The standard InChI is InChI=1S/C25H25N5O2S2/c1-4-30-23(21-9-6-12-33-21)28-29-25(30)34-15-22(31)27-20-11-10-19(14-17(20)3)26-24(32)18-8-5-7-16(2)13-18/h5-14H,4,15H2,1-3H3,(H,26,32)(H,27,31). The molecule has 9 heteroatoms. The molecule has 34 heavy (non-hydrogen) atoms. The Balaban J connectivity index is 1.36. The molecule has 174 valence electrons. The van der Waals surface area contributed by atoms with Gasteiger partial charge < -0.3 is 15.2 Å². The summed E-state index contributed by atoms with van der Waals surface area (Å²) >= 11 is 2.97. The molecule has 7 nitrogen and oxygen atoms in total. The Hall–Kier alpha value is -3.43. The minimum Gasteiger partial charge on any atom is -0.325 e. The lowest BCUT2D eigenvalue weighted by Crippen LogP contribution is -2.16. The maximum absolute atomic E-state index is 12.6. The summed E-state index contributed by atoms with van der Waals surface area (Å²) in [6, 6.07) is 16.9. The van der Waals surface area contributed by atoms with E-state index in [1.54, 1.807) is 29.5 Å². The highest BCUT2D eigenvalue weighted by Crippen LogP contribution is 2.27. The van der Waals surface area contributed by atoms with Crippen molar-refractivity contribution in [1.82, 2.24) is 14.8 Å². The van der Waals surface area contributed by atoms with Crippen molar-refractivity contribution in [2.24, 2.45) is 0 Å². The minimum atomic E-state index is -0.168. The second kappa shape index (κ2) is 10.7. The predicted molar refractivity (Wildman–Crippen MR) is 139 cm³/mol. The lowest BCUT2D eigenvalue weighted by molar-refractivity contribution is -0.113. The van der Waals surface area contributed by atoms with E-state index in [0.717, 1.165) is 28.4 Å². The Kier molecular flexibility index (Phi) is 7.44. The zero-order valence-corrected chi connectivity index (χ0v) is 20.8. The summed E-state index contributed by atoms with van der Waals surface area (Å²) < 4.78 is 2.01. The van der Waals surface area contributed by atoms with Crippen LogP contribution in [0.3, 0.4) is 0 Å². The van der Waals surface area contributed by atoms with Crippen LogP contribution in [0.2, 0.25) is 0 Å². The molecule has 0 aliphatic heterocycles. The molecule has 0 spiro atoms. The number of carbonyl (C=O) groups excluding carboxylic acids is 2. The van der Waals surface area contributed by atoms with Crippen LogP contribution in [-0.4, -0.2) is 32.3 Å². The Morgan fingerprint density at radius 1 is 1.03 bits per heavy atom. The van der Waals surface area contributed by atoms with Gasteiger partial charge in [-0.2, -0.15) is 0 Å². The van der Waals surface area contributed by atoms with Crippen LogP contribution in [0, 0.1) is 13.8 Å². The van der Waals surface area contributed by atoms with Gasteiger partial charge in [0, 0.05) is 23.5 Å². The largest absolute Gasteiger partial charge is 0.325 e. The molecule has 0 fully saturated rings. The van der Waals surface area contributed by atoms with Crippen molar-refractivity contribution in [3.05, 3.63) is 76.7 Å². The summed E-state index contributed by atoms with van der Waals surface area (Å²) in [4.78, 5) is 26.1. The van der Waals surface area contributed by atoms with Gasteiger partial charge in [-0.05, 0) is 68.1 Å². The van der Waals surface area contributed by atoms with Gasteiger partial charge in [0.25, 0.3) is 5.91 Å².